The summed E-state index contributed by atoms with van der Waals surface area (Å²) in [5, 5.41) is 4.18. The molecule has 2 aromatic carbocycles. The number of rotatable bonds is 5. The predicted molar refractivity (Wildman–Crippen MR) is 121 cm³/mol. The summed E-state index contributed by atoms with van der Waals surface area (Å²) >= 11 is 1.62. The minimum Gasteiger partial charge on any atom is -0.361 e. The van der Waals surface area contributed by atoms with E-state index in [1.807, 2.05) is 34.7 Å². The molecule has 2 aromatic heterocycles. The van der Waals surface area contributed by atoms with Crippen LogP contribution < -0.4 is 0 Å². The van der Waals surface area contributed by atoms with Crippen molar-refractivity contribution < 1.29 is 9.18 Å². The Morgan fingerprint density at radius 1 is 1.06 bits per heavy atom. The summed E-state index contributed by atoms with van der Waals surface area (Å²) in [4.78, 5) is 25.1. The number of halogens is 1. The SMILES string of the molecule is O=C(Cc1c[nH]c2ccccc12)N1CCN(Cc2nc(-c3ccc(F)cc3)cs2)CC1. The average Bonchev–Trinajstić information content (AvgIpc) is 3.42. The van der Waals surface area contributed by atoms with Crippen molar-refractivity contribution in [1.82, 2.24) is 19.8 Å². The quantitative estimate of drug-likeness (QED) is 0.509. The van der Waals surface area contributed by atoms with Gasteiger partial charge in [0.05, 0.1) is 18.7 Å². The number of piperazine rings is 1. The highest BCUT2D eigenvalue weighted by Gasteiger charge is 2.22. The van der Waals surface area contributed by atoms with Crippen LogP contribution in [-0.4, -0.2) is 51.9 Å². The number of hydrogen-bond acceptors (Lipinski definition) is 4. The molecule has 0 aliphatic carbocycles. The number of aromatic nitrogens is 2. The summed E-state index contributed by atoms with van der Waals surface area (Å²) in [5.74, 6) is -0.0615. The number of carbonyl (C=O) groups excluding carboxylic acids is 1. The molecule has 1 saturated heterocycles. The molecule has 5 nitrogen and oxygen atoms in total. The maximum absolute atomic E-state index is 13.1. The number of carbonyl (C=O) groups is 1. The van der Waals surface area contributed by atoms with Crippen LogP contribution in [0.5, 0.6) is 0 Å². The number of para-hydroxylation sites is 1. The van der Waals surface area contributed by atoms with Gasteiger partial charge in [-0.3, -0.25) is 9.69 Å². The lowest BCUT2D eigenvalue weighted by Gasteiger charge is -2.34. The second kappa shape index (κ2) is 8.61. The Kier molecular flexibility index (Phi) is 5.53. The number of nitrogens with one attached hydrogen (secondary N) is 1. The number of hydrogen-bond donors (Lipinski definition) is 1. The molecular weight excluding hydrogens is 411 g/mol. The summed E-state index contributed by atoms with van der Waals surface area (Å²) < 4.78 is 13.1. The highest BCUT2D eigenvalue weighted by molar-refractivity contribution is 7.09. The third kappa shape index (κ3) is 4.38. The number of aromatic amines is 1. The van der Waals surface area contributed by atoms with Crippen molar-refractivity contribution in [3.8, 4) is 11.3 Å². The molecule has 5 rings (SSSR count). The van der Waals surface area contributed by atoms with Crippen LogP contribution in [0, 0.1) is 5.82 Å². The van der Waals surface area contributed by atoms with E-state index in [0.717, 1.165) is 65.5 Å². The van der Waals surface area contributed by atoms with Crippen LogP contribution in [0.4, 0.5) is 4.39 Å². The Hall–Kier alpha value is -3.03. The lowest BCUT2D eigenvalue weighted by molar-refractivity contribution is -0.132. The summed E-state index contributed by atoms with van der Waals surface area (Å²) in [6.07, 6.45) is 2.37. The van der Waals surface area contributed by atoms with E-state index in [0.29, 0.717) is 6.42 Å². The fraction of sp³-hybridized carbons (Fsp3) is 0.250. The molecule has 0 unspecified atom stereocenters. The topological polar surface area (TPSA) is 52.2 Å². The molecule has 0 atom stereocenters. The highest BCUT2D eigenvalue weighted by Crippen LogP contribution is 2.24. The van der Waals surface area contributed by atoms with Gasteiger partial charge in [-0.15, -0.1) is 11.3 Å². The van der Waals surface area contributed by atoms with Crippen LogP contribution in [0.1, 0.15) is 10.6 Å². The van der Waals surface area contributed by atoms with E-state index in [9.17, 15) is 9.18 Å². The van der Waals surface area contributed by atoms with Gasteiger partial charge in [0.2, 0.25) is 5.91 Å². The number of nitrogens with zero attached hydrogens (tertiary/aromatic N) is 3. The number of benzene rings is 2. The zero-order valence-corrected chi connectivity index (χ0v) is 17.9. The van der Waals surface area contributed by atoms with Gasteiger partial charge in [0, 0.05) is 54.2 Å². The molecule has 158 valence electrons. The van der Waals surface area contributed by atoms with Gasteiger partial charge in [-0.1, -0.05) is 18.2 Å². The van der Waals surface area contributed by atoms with Gasteiger partial charge in [-0.05, 0) is 35.9 Å². The molecule has 1 aliphatic heterocycles. The van der Waals surface area contributed by atoms with Crippen molar-refractivity contribution in [1.29, 1.82) is 0 Å². The van der Waals surface area contributed by atoms with Crippen molar-refractivity contribution >= 4 is 28.1 Å². The molecule has 3 heterocycles. The first-order valence-corrected chi connectivity index (χ1v) is 11.3. The number of H-pyrrole nitrogens is 1. The molecule has 31 heavy (non-hydrogen) atoms. The third-order valence-corrected chi connectivity index (χ3v) is 6.63. The normalized spacial score (nSPS) is 14.9. The van der Waals surface area contributed by atoms with E-state index >= 15 is 0 Å². The lowest BCUT2D eigenvalue weighted by Crippen LogP contribution is -2.48. The fourth-order valence-electron chi connectivity index (χ4n) is 4.04. The van der Waals surface area contributed by atoms with Crippen molar-refractivity contribution in [2.24, 2.45) is 0 Å². The van der Waals surface area contributed by atoms with Gasteiger partial charge in [0.15, 0.2) is 0 Å². The summed E-state index contributed by atoms with van der Waals surface area (Å²) in [5.41, 5.74) is 3.93. The van der Waals surface area contributed by atoms with Gasteiger partial charge >= 0.3 is 0 Å². The van der Waals surface area contributed by atoms with E-state index in [-0.39, 0.29) is 11.7 Å². The standard InChI is InChI=1S/C24H23FN4OS/c25-19-7-5-17(6-8-19)22-16-31-23(27-22)15-28-9-11-29(12-10-28)24(30)13-18-14-26-21-4-2-1-3-20(18)21/h1-8,14,16,26H,9-13,15H2. The van der Waals surface area contributed by atoms with E-state index in [1.54, 1.807) is 23.5 Å². The van der Waals surface area contributed by atoms with Gasteiger partial charge in [0.25, 0.3) is 0 Å². The maximum atomic E-state index is 13.1. The smallest absolute Gasteiger partial charge is 0.227 e. The molecule has 7 heteroatoms. The Labute approximate surface area is 184 Å². The molecule has 0 bridgehead atoms. The van der Waals surface area contributed by atoms with Gasteiger partial charge < -0.3 is 9.88 Å². The van der Waals surface area contributed by atoms with Crippen molar-refractivity contribution in [2.45, 2.75) is 13.0 Å². The van der Waals surface area contributed by atoms with Crippen LogP contribution in [0.2, 0.25) is 0 Å². The molecule has 1 N–H and O–H groups in total. The Morgan fingerprint density at radius 3 is 2.65 bits per heavy atom. The van der Waals surface area contributed by atoms with Crippen LogP contribution in [-0.2, 0) is 17.8 Å². The molecule has 1 amide bonds. The molecule has 0 saturated carbocycles. The third-order valence-electron chi connectivity index (χ3n) is 5.79. The largest absolute Gasteiger partial charge is 0.361 e. The van der Waals surface area contributed by atoms with Crippen LogP contribution in [0.25, 0.3) is 22.2 Å². The van der Waals surface area contributed by atoms with E-state index in [4.69, 9.17) is 4.98 Å². The first-order chi connectivity index (χ1) is 15.2. The molecule has 1 aliphatic rings. The van der Waals surface area contributed by atoms with Gasteiger partial charge in [-0.25, -0.2) is 9.37 Å². The number of fused-ring (bicyclic) bond motifs is 1. The minimum atomic E-state index is -0.240. The Balaban J connectivity index is 1.15. The summed E-state index contributed by atoms with van der Waals surface area (Å²) in [6, 6.07) is 14.5. The zero-order chi connectivity index (χ0) is 21.2. The van der Waals surface area contributed by atoms with E-state index in [2.05, 4.69) is 16.0 Å². The van der Waals surface area contributed by atoms with Crippen LogP contribution >= 0.6 is 11.3 Å². The van der Waals surface area contributed by atoms with Gasteiger partial charge in [0.1, 0.15) is 10.8 Å². The second-order valence-electron chi connectivity index (χ2n) is 7.83. The summed E-state index contributed by atoms with van der Waals surface area (Å²) in [6.45, 7) is 3.92. The fourth-order valence-corrected chi connectivity index (χ4v) is 4.88. The molecule has 0 spiro atoms. The summed E-state index contributed by atoms with van der Waals surface area (Å²) in [7, 11) is 0. The maximum Gasteiger partial charge on any atom is 0.227 e. The van der Waals surface area contributed by atoms with Crippen molar-refractivity contribution in [3.05, 3.63) is 76.5 Å². The van der Waals surface area contributed by atoms with E-state index < -0.39 is 0 Å². The molecular formula is C24H23FN4OS. The van der Waals surface area contributed by atoms with Crippen LogP contribution in [0.15, 0.2) is 60.1 Å². The van der Waals surface area contributed by atoms with Crippen molar-refractivity contribution in [3.63, 3.8) is 0 Å². The number of amides is 1. The highest BCUT2D eigenvalue weighted by atomic mass is 32.1. The molecule has 0 radical (unpaired) electrons. The predicted octanol–water partition coefficient (Wildman–Crippen LogP) is 4.32. The average molecular weight is 435 g/mol. The monoisotopic (exact) mass is 434 g/mol. The zero-order valence-electron chi connectivity index (χ0n) is 17.1. The molecule has 4 aromatic rings. The minimum absolute atomic E-state index is 0.178. The van der Waals surface area contributed by atoms with Crippen LogP contribution in [0.3, 0.4) is 0 Å². The lowest BCUT2D eigenvalue weighted by atomic mass is 10.1. The first-order valence-electron chi connectivity index (χ1n) is 10.4. The first kappa shape index (κ1) is 19.9. The Bertz CT molecular complexity index is 1190. The van der Waals surface area contributed by atoms with Gasteiger partial charge in [-0.2, -0.15) is 0 Å². The Morgan fingerprint density at radius 2 is 1.84 bits per heavy atom. The van der Waals surface area contributed by atoms with Crippen molar-refractivity contribution in [2.75, 3.05) is 26.2 Å². The molecule has 1 fully saturated rings. The van der Waals surface area contributed by atoms with E-state index in [1.165, 1.54) is 12.1 Å². The second-order valence-corrected chi connectivity index (χ2v) is 8.77. The number of thiazole rings is 1.